The number of carbonyl (C=O) groups is 1. The van der Waals surface area contributed by atoms with Crippen LogP contribution in [-0.4, -0.2) is 39.6 Å². The van der Waals surface area contributed by atoms with Crippen LogP contribution in [0.15, 0.2) is 0 Å². The summed E-state index contributed by atoms with van der Waals surface area (Å²) in [5, 5.41) is 15.1. The highest BCUT2D eigenvalue weighted by molar-refractivity contribution is 5.96. The van der Waals surface area contributed by atoms with Crippen LogP contribution >= 0.6 is 0 Å². The molecule has 1 aromatic rings. The first kappa shape index (κ1) is 13.1. The zero-order chi connectivity index (χ0) is 13.3. The number of nitro groups is 1. The van der Waals surface area contributed by atoms with Gasteiger partial charge < -0.3 is 4.90 Å². The van der Waals surface area contributed by atoms with Crippen LogP contribution in [0.3, 0.4) is 0 Å². The van der Waals surface area contributed by atoms with Gasteiger partial charge in [-0.2, -0.15) is 5.10 Å². The average Bonchev–Trinajstić information content (AvgIpc) is 2.54. The van der Waals surface area contributed by atoms with Gasteiger partial charge in [-0.25, -0.2) is 0 Å². The molecular weight excluding hydrogens is 224 g/mol. The second kappa shape index (κ2) is 4.52. The minimum atomic E-state index is -0.543. The Labute approximate surface area is 99.2 Å². The van der Waals surface area contributed by atoms with E-state index in [1.807, 2.05) is 0 Å². The van der Waals surface area contributed by atoms with Gasteiger partial charge in [-0.15, -0.1) is 0 Å². The maximum Gasteiger partial charge on any atom is 0.323 e. The van der Waals surface area contributed by atoms with Crippen molar-refractivity contribution in [2.75, 3.05) is 14.1 Å². The van der Waals surface area contributed by atoms with Gasteiger partial charge in [0.05, 0.1) is 4.92 Å². The van der Waals surface area contributed by atoms with Crippen molar-refractivity contribution in [1.82, 2.24) is 14.7 Å². The van der Waals surface area contributed by atoms with Crippen LogP contribution in [0.25, 0.3) is 0 Å². The smallest absolute Gasteiger partial charge is 0.323 e. The van der Waals surface area contributed by atoms with Crippen molar-refractivity contribution in [3.05, 3.63) is 21.5 Å². The van der Waals surface area contributed by atoms with Gasteiger partial charge in [0.25, 0.3) is 5.91 Å². The van der Waals surface area contributed by atoms with E-state index >= 15 is 0 Å². The fraction of sp³-hybridized carbons (Fsp3) is 0.600. The maximum atomic E-state index is 11.9. The molecule has 0 fully saturated rings. The van der Waals surface area contributed by atoms with Crippen molar-refractivity contribution in [3.8, 4) is 0 Å². The third kappa shape index (κ3) is 2.27. The van der Waals surface area contributed by atoms with E-state index in [0.717, 1.165) is 0 Å². The predicted octanol–water partition coefficient (Wildman–Crippen LogP) is 1.15. The van der Waals surface area contributed by atoms with Gasteiger partial charge in [-0.1, -0.05) is 13.8 Å². The molecule has 0 saturated carbocycles. The third-order valence-corrected chi connectivity index (χ3v) is 2.39. The monoisotopic (exact) mass is 240 g/mol. The van der Waals surface area contributed by atoms with Crippen LogP contribution in [0.4, 0.5) is 5.69 Å². The predicted molar refractivity (Wildman–Crippen MR) is 62.0 cm³/mol. The highest BCUT2D eigenvalue weighted by Crippen LogP contribution is 2.29. The average molecular weight is 240 g/mol. The van der Waals surface area contributed by atoms with Gasteiger partial charge in [-0.05, 0) is 0 Å². The molecule has 1 aromatic heterocycles. The van der Waals surface area contributed by atoms with Crippen molar-refractivity contribution in [2.24, 2.45) is 7.05 Å². The molecular formula is C10H16N4O3. The van der Waals surface area contributed by atoms with Crippen LogP contribution in [0.1, 0.15) is 35.9 Å². The Hall–Kier alpha value is -1.92. The van der Waals surface area contributed by atoms with Crippen LogP contribution in [0.5, 0.6) is 0 Å². The lowest BCUT2D eigenvalue weighted by molar-refractivity contribution is -0.386. The van der Waals surface area contributed by atoms with Crippen LogP contribution < -0.4 is 0 Å². The van der Waals surface area contributed by atoms with E-state index in [-0.39, 0.29) is 17.3 Å². The summed E-state index contributed by atoms with van der Waals surface area (Å²) in [5.41, 5.74) is 0.160. The quantitative estimate of drug-likeness (QED) is 0.586. The molecule has 1 rings (SSSR count). The second-order valence-corrected chi connectivity index (χ2v) is 4.32. The topological polar surface area (TPSA) is 81.3 Å². The van der Waals surface area contributed by atoms with E-state index in [9.17, 15) is 14.9 Å². The van der Waals surface area contributed by atoms with Crippen molar-refractivity contribution in [2.45, 2.75) is 19.8 Å². The van der Waals surface area contributed by atoms with E-state index in [1.165, 1.54) is 16.6 Å². The van der Waals surface area contributed by atoms with Gasteiger partial charge in [0.1, 0.15) is 5.69 Å². The molecule has 0 radical (unpaired) electrons. The van der Waals surface area contributed by atoms with Gasteiger partial charge >= 0.3 is 5.69 Å². The lowest BCUT2D eigenvalue weighted by atomic mass is 10.1. The molecule has 1 heterocycles. The largest absolute Gasteiger partial charge is 0.343 e. The fourth-order valence-corrected chi connectivity index (χ4v) is 1.55. The lowest BCUT2D eigenvalue weighted by Gasteiger charge is -2.09. The Morgan fingerprint density at radius 3 is 2.35 bits per heavy atom. The summed E-state index contributed by atoms with van der Waals surface area (Å²) >= 11 is 0. The second-order valence-electron chi connectivity index (χ2n) is 4.32. The summed E-state index contributed by atoms with van der Waals surface area (Å²) < 4.78 is 1.27. The molecule has 0 bridgehead atoms. The summed E-state index contributed by atoms with van der Waals surface area (Å²) in [5.74, 6) is -0.524. The molecule has 94 valence electrons. The summed E-state index contributed by atoms with van der Waals surface area (Å²) in [6.07, 6.45) is 0. The Morgan fingerprint density at radius 1 is 1.47 bits per heavy atom. The standard InChI is InChI=1S/C10H16N4O3/c1-6(2)7-8(14(16)17)9(13(5)11-7)10(15)12(3)4/h6H,1-5H3. The summed E-state index contributed by atoms with van der Waals surface area (Å²) in [6.45, 7) is 3.61. The van der Waals surface area contributed by atoms with Crippen molar-refractivity contribution >= 4 is 11.6 Å². The number of amides is 1. The van der Waals surface area contributed by atoms with Crippen molar-refractivity contribution in [3.63, 3.8) is 0 Å². The molecule has 0 saturated heterocycles. The molecule has 7 heteroatoms. The maximum absolute atomic E-state index is 11.9. The molecule has 0 aliphatic rings. The molecule has 0 aliphatic carbocycles. The van der Waals surface area contributed by atoms with Crippen LogP contribution in [0, 0.1) is 10.1 Å². The molecule has 17 heavy (non-hydrogen) atoms. The molecule has 0 spiro atoms. The van der Waals surface area contributed by atoms with Crippen molar-refractivity contribution in [1.29, 1.82) is 0 Å². The fourth-order valence-electron chi connectivity index (χ4n) is 1.55. The van der Waals surface area contributed by atoms with Crippen LogP contribution in [0.2, 0.25) is 0 Å². The van der Waals surface area contributed by atoms with Gasteiger partial charge in [-0.3, -0.25) is 19.6 Å². The van der Waals surface area contributed by atoms with Crippen molar-refractivity contribution < 1.29 is 9.72 Å². The normalized spacial score (nSPS) is 10.7. The van der Waals surface area contributed by atoms with E-state index in [2.05, 4.69) is 5.10 Å². The Balaban J connectivity index is 3.49. The first-order valence-corrected chi connectivity index (χ1v) is 5.20. The first-order valence-electron chi connectivity index (χ1n) is 5.20. The van der Waals surface area contributed by atoms with E-state index in [1.54, 1.807) is 27.9 Å². The Kier molecular flexibility index (Phi) is 3.50. The van der Waals surface area contributed by atoms with Gasteiger partial charge in [0.15, 0.2) is 0 Å². The number of hydrogen-bond acceptors (Lipinski definition) is 4. The summed E-state index contributed by atoms with van der Waals surface area (Å²) in [6, 6.07) is 0. The number of hydrogen-bond donors (Lipinski definition) is 0. The minimum absolute atomic E-state index is 0.0173. The van der Waals surface area contributed by atoms with E-state index in [0.29, 0.717) is 5.69 Å². The molecule has 0 atom stereocenters. The van der Waals surface area contributed by atoms with Crippen LogP contribution in [-0.2, 0) is 7.05 Å². The highest BCUT2D eigenvalue weighted by Gasteiger charge is 2.33. The zero-order valence-electron chi connectivity index (χ0n) is 10.6. The zero-order valence-corrected chi connectivity index (χ0v) is 10.6. The van der Waals surface area contributed by atoms with Gasteiger partial charge in [0.2, 0.25) is 5.69 Å². The molecule has 7 nitrogen and oxygen atoms in total. The Morgan fingerprint density at radius 2 is 2.00 bits per heavy atom. The third-order valence-electron chi connectivity index (χ3n) is 2.39. The van der Waals surface area contributed by atoms with Gasteiger partial charge in [0, 0.05) is 27.1 Å². The molecule has 1 amide bonds. The SMILES string of the molecule is CC(C)c1nn(C)c(C(=O)N(C)C)c1[N+](=O)[O-]. The first-order chi connectivity index (χ1) is 7.77. The number of nitrogens with zero attached hydrogens (tertiary/aromatic N) is 4. The molecule has 0 N–H and O–H groups in total. The number of aryl methyl sites for hydroxylation is 1. The minimum Gasteiger partial charge on any atom is -0.343 e. The highest BCUT2D eigenvalue weighted by atomic mass is 16.6. The molecule has 0 unspecified atom stereocenters. The van der Waals surface area contributed by atoms with E-state index in [4.69, 9.17) is 0 Å². The lowest BCUT2D eigenvalue weighted by Crippen LogP contribution is -2.25. The number of aromatic nitrogens is 2. The summed E-state index contributed by atoms with van der Waals surface area (Å²) in [4.78, 5) is 23.7. The Bertz CT molecular complexity index is 462. The number of rotatable bonds is 3. The molecule has 0 aliphatic heterocycles. The van der Waals surface area contributed by atoms with E-state index < -0.39 is 10.8 Å². The number of carbonyl (C=O) groups excluding carboxylic acids is 1. The molecule has 0 aromatic carbocycles. The summed E-state index contributed by atoms with van der Waals surface area (Å²) in [7, 11) is 4.64.